The topological polar surface area (TPSA) is 29.5 Å². The van der Waals surface area contributed by atoms with Gasteiger partial charge >= 0.3 is 0 Å². The summed E-state index contributed by atoms with van der Waals surface area (Å²) in [6.45, 7) is 4.31. The summed E-state index contributed by atoms with van der Waals surface area (Å²) in [6, 6.07) is 5.87. The van der Waals surface area contributed by atoms with Crippen molar-refractivity contribution in [2.45, 2.75) is 19.8 Å². The Kier molecular flexibility index (Phi) is 3.83. The summed E-state index contributed by atoms with van der Waals surface area (Å²) in [5, 5.41) is 0. The number of halogens is 1. The van der Waals surface area contributed by atoms with Crippen LogP contribution in [0.1, 0.15) is 25.3 Å². The summed E-state index contributed by atoms with van der Waals surface area (Å²) < 4.78 is 6.69. The molecule has 0 N–H and O–H groups in total. The molecule has 0 bridgehead atoms. The van der Waals surface area contributed by atoms with Gasteiger partial charge in [0.15, 0.2) is 0 Å². The maximum absolute atomic E-state index is 12.6. The lowest BCUT2D eigenvalue weighted by molar-refractivity contribution is -0.129. The molecule has 2 aliphatic rings. The fraction of sp³-hybridized carbons (Fsp3) is 0.438. The molecular formula is C16H18BrNO2. The quantitative estimate of drug-likeness (QED) is 0.786. The van der Waals surface area contributed by atoms with E-state index >= 15 is 0 Å². The lowest BCUT2D eigenvalue weighted by atomic mass is 9.99. The number of benzene rings is 1. The molecule has 1 fully saturated rings. The lowest BCUT2D eigenvalue weighted by Gasteiger charge is -2.32. The van der Waals surface area contributed by atoms with E-state index in [0.717, 1.165) is 40.9 Å². The average molecular weight is 336 g/mol. The van der Waals surface area contributed by atoms with Crippen molar-refractivity contribution < 1.29 is 9.53 Å². The number of hydrogen-bond acceptors (Lipinski definition) is 2. The molecule has 0 saturated carbocycles. The van der Waals surface area contributed by atoms with E-state index in [2.05, 4.69) is 22.9 Å². The van der Waals surface area contributed by atoms with E-state index in [0.29, 0.717) is 12.5 Å². The zero-order valence-corrected chi connectivity index (χ0v) is 13.1. The van der Waals surface area contributed by atoms with Crippen LogP contribution in [0.2, 0.25) is 0 Å². The Hall–Kier alpha value is -1.29. The van der Waals surface area contributed by atoms with E-state index in [4.69, 9.17) is 4.74 Å². The van der Waals surface area contributed by atoms with Crippen LogP contribution in [0.25, 0.3) is 6.08 Å². The number of nitrogens with zero attached hydrogens (tertiary/aromatic N) is 1. The highest BCUT2D eigenvalue weighted by atomic mass is 79.9. The van der Waals surface area contributed by atoms with E-state index in [-0.39, 0.29) is 5.91 Å². The van der Waals surface area contributed by atoms with Crippen LogP contribution in [0.5, 0.6) is 5.75 Å². The molecule has 0 aromatic heterocycles. The van der Waals surface area contributed by atoms with Gasteiger partial charge in [0.1, 0.15) is 12.4 Å². The Bertz CT molecular complexity index is 568. The molecule has 1 amide bonds. The summed E-state index contributed by atoms with van der Waals surface area (Å²) in [5.74, 6) is 1.57. The maximum atomic E-state index is 12.6. The predicted octanol–water partition coefficient (Wildman–Crippen LogP) is 3.48. The van der Waals surface area contributed by atoms with Crippen LogP contribution < -0.4 is 4.74 Å². The monoisotopic (exact) mass is 335 g/mol. The zero-order valence-electron chi connectivity index (χ0n) is 11.6. The highest BCUT2D eigenvalue weighted by Crippen LogP contribution is 2.30. The predicted molar refractivity (Wildman–Crippen MR) is 82.6 cm³/mol. The second-order valence-electron chi connectivity index (χ2n) is 5.64. The summed E-state index contributed by atoms with van der Waals surface area (Å²) >= 11 is 3.45. The zero-order chi connectivity index (χ0) is 14.1. The molecule has 1 atom stereocenters. The van der Waals surface area contributed by atoms with Crippen molar-refractivity contribution in [3.8, 4) is 5.75 Å². The van der Waals surface area contributed by atoms with Gasteiger partial charge in [0.2, 0.25) is 0 Å². The summed E-state index contributed by atoms with van der Waals surface area (Å²) in [6.07, 6.45) is 4.28. The van der Waals surface area contributed by atoms with Crippen molar-refractivity contribution in [3.05, 3.63) is 33.8 Å². The Labute approximate surface area is 127 Å². The summed E-state index contributed by atoms with van der Waals surface area (Å²) in [5.41, 5.74) is 1.73. The Morgan fingerprint density at radius 2 is 2.30 bits per heavy atom. The van der Waals surface area contributed by atoms with Gasteiger partial charge in [0.05, 0.1) is 5.57 Å². The molecule has 1 saturated heterocycles. The molecule has 3 nitrogen and oxygen atoms in total. The molecule has 0 aliphatic carbocycles. The van der Waals surface area contributed by atoms with Crippen LogP contribution in [0.3, 0.4) is 0 Å². The smallest absolute Gasteiger partial charge is 0.253 e. The average Bonchev–Trinajstić information content (AvgIpc) is 2.45. The number of rotatable bonds is 1. The maximum Gasteiger partial charge on any atom is 0.253 e. The SMILES string of the molecule is C[C@H]1CCCN(C(=O)C2=Cc3cc(Br)ccc3OC2)C1. The molecule has 1 aromatic rings. The number of ether oxygens (including phenoxy) is 1. The van der Waals surface area contributed by atoms with E-state index in [1.165, 1.54) is 6.42 Å². The number of carbonyl (C=O) groups is 1. The molecule has 0 unspecified atom stereocenters. The highest BCUT2D eigenvalue weighted by molar-refractivity contribution is 9.10. The Morgan fingerprint density at radius 3 is 3.10 bits per heavy atom. The second-order valence-corrected chi connectivity index (χ2v) is 6.55. The van der Waals surface area contributed by atoms with Gasteiger partial charge in [0, 0.05) is 23.1 Å². The van der Waals surface area contributed by atoms with Crippen molar-refractivity contribution in [1.29, 1.82) is 0 Å². The first-order valence-electron chi connectivity index (χ1n) is 7.05. The van der Waals surface area contributed by atoms with Gasteiger partial charge < -0.3 is 9.64 Å². The van der Waals surface area contributed by atoms with Gasteiger partial charge in [0.25, 0.3) is 5.91 Å². The summed E-state index contributed by atoms with van der Waals surface area (Å²) in [7, 11) is 0. The third kappa shape index (κ3) is 2.75. The molecule has 3 rings (SSSR count). The fourth-order valence-corrected chi connectivity index (χ4v) is 3.23. The number of piperidine rings is 1. The van der Waals surface area contributed by atoms with Crippen molar-refractivity contribution >= 4 is 27.9 Å². The molecule has 20 heavy (non-hydrogen) atoms. The molecule has 4 heteroatoms. The minimum atomic E-state index is 0.127. The second kappa shape index (κ2) is 5.60. The first-order valence-corrected chi connectivity index (χ1v) is 7.85. The van der Waals surface area contributed by atoms with Crippen molar-refractivity contribution in [2.75, 3.05) is 19.7 Å². The molecule has 2 aliphatic heterocycles. The van der Waals surface area contributed by atoms with Crippen LogP contribution in [0.4, 0.5) is 0 Å². The molecule has 0 spiro atoms. The van der Waals surface area contributed by atoms with E-state index in [9.17, 15) is 4.79 Å². The van der Waals surface area contributed by atoms with Gasteiger partial charge in [-0.15, -0.1) is 0 Å². The minimum absolute atomic E-state index is 0.127. The third-order valence-electron chi connectivity index (χ3n) is 3.90. The Balaban J connectivity index is 1.82. The number of likely N-dealkylation sites (tertiary alicyclic amines) is 1. The van der Waals surface area contributed by atoms with Crippen molar-refractivity contribution in [2.24, 2.45) is 5.92 Å². The molecular weight excluding hydrogens is 318 g/mol. The standard InChI is InChI=1S/C16H18BrNO2/c1-11-3-2-6-18(9-11)16(19)13-7-12-8-14(17)4-5-15(12)20-10-13/h4-5,7-8,11H,2-3,6,9-10H2,1H3/t11-/m0/s1. The lowest BCUT2D eigenvalue weighted by Crippen LogP contribution is -2.41. The third-order valence-corrected chi connectivity index (χ3v) is 4.40. The van der Waals surface area contributed by atoms with Gasteiger partial charge in [-0.1, -0.05) is 22.9 Å². The van der Waals surface area contributed by atoms with Crippen LogP contribution in [0.15, 0.2) is 28.2 Å². The van der Waals surface area contributed by atoms with Crippen LogP contribution in [-0.2, 0) is 4.79 Å². The summed E-state index contributed by atoms with van der Waals surface area (Å²) in [4.78, 5) is 14.5. The normalized spacial score (nSPS) is 21.8. The number of hydrogen-bond donors (Lipinski definition) is 0. The highest BCUT2D eigenvalue weighted by Gasteiger charge is 2.25. The number of carbonyl (C=O) groups excluding carboxylic acids is 1. The number of fused-ring (bicyclic) bond motifs is 1. The van der Waals surface area contributed by atoms with E-state index < -0.39 is 0 Å². The van der Waals surface area contributed by atoms with Crippen molar-refractivity contribution in [1.82, 2.24) is 4.90 Å². The van der Waals surface area contributed by atoms with Gasteiger partial charge in [-0.3, -0.25) is 4.79 Å². The molecule has 2 heterocycles. The Morgan fingerprint density at radius 1 is 1.45 bits per heavy atom. The first kappa shape index (κ1) is 13.7. The van der Waals surface area contributed by atoms with Crippen molar-refractivity contribution in [3.63, 3.8) is 0 Å². The van der Waals surface area contributed by atoms with Gasteiger partial charge in [-0.05, 0) is 43.0 Å². The van der Waals surface area contributed by atoms with Gasteiger partial charge in [-0.25, -0.2) is 0 Å². The fourth-order valence-electron chi connectivity index (χ4n) is 2.85. The minimum Gasteiger partial charge on any atom is -0.488 e. The van der Waals surface area contributed by atoms with Gasteiger partial charge in [-0.2, -0.15) is 0 Å². The molecule has 1 aromatic carbocycles. The molecule has 106 valence electrons. The van der Waals surface area contributed by atoms with E-state index in [1.54, 1.807) is 0 Å². The number of amides is 1. The largest absolute Gasteiger partial charge is 0.488 e. The van der Waals surface area contributed by atoms with Crippen LogP contribution in [-0.4, -0.2) is 30.5 Å². The van der Waals surface area contributed by atoms with Crippen LogP contribution in [0, 0.1) is 5.92 Å². The van der Waals surface area contributed by atoms with Crippen LogP contribution >= 0.6 is 15.9 Å². The van der Waals surface area contributed by atoms with E-state index in [1.807, 2.05) is 29.2 Å². The first-order chi connectivity index (χ1) is 9.63. The molecule has 0 radical (unpaired) electrons.